The molecule has 0 saturated carbocycles. The van der Waals surface area contributed by atoms with E-state index in [0.717, 1.165) is 0 Å². The summed E-state index contributed by atoms with van der Waals surface area (Å²) >= 11 is 0. The lowest BCUT2D eigenvalue weighted by molar-refractivity contribution is 0.463. The normalized spacial score (nSPS) is 35.6. The van der Waals surface area contributed by atoms with Gasteiger partial charge in [0.15, 0.2) is 9.84 Å². The molecule has 2 rings (SSSR count). The van der Waals surface area contributed by atoms with Crippen molar-refractivity contribution < 1.29 is 16.8 Å². The van der Waals surface area contributed by atoms with Gasteiger partial charge in [0, 0.05) is 19.1 Å². The molecule has 94 valence electrons. The summed E-state index contributed by atoms with van der Waals surface area (Å²) < 4.78 is 48.0. The standard InChI is InChI=1S/C8H16N2O4S2/c9-7-1-3-10(5-7)16(13,14)8-2-4-15(11,12)6-8/h7-8H,1-6,9H2/t7-,8?/m1/s1. The fourth-order valence-corrected chi connectivity index (χ4v) is 6.79. The van der Waals surface area contributed by atoms with E-state index in [-0.39, 0.29) is 24.0 Å². The van der Waals surface area contributed by atoms with Crippen LogP contribution in [0.4, 0.5) is 0 Å². The van der Waals surface area contributed by atoms with Gasteiger partial charge in [-0.05, 0) is 12.8 Å². The van der Waals surface area contributed by atoms with E-state index in [9.17, 15) is 16.8 Å². The molecule has 8 heteroatoms. The van der Waals surface area contributed by atoms with Crippen molar-refractivity contribution in [2.45, 2.75) is 24.1 Å². The highest BCUT2D eigenvalue weighted by atomic mass is 32.2. The SMILES string of the molecule is N[C@@H]1CCN(S(=O)(=O)C2CCS(=O)(=O)C2)C1. The molecule has 1 unspecified atom stereocenters. The van der Waals surface area contributed by atoms with E-state index in [4.69, 9.17) is 5.73 Å². The van der Waals surface area contributed by atoms with Crippen molar-refractivity contribution >= 4 is 19.9 Å². The van der Waals surface area contributed by atoms with Crippen molar-refractivity contribution in [1.82, 2.24) is 4.31 Å². The molecule has 0 amide bonds. The van der Waals surface area contributed by atoms with Crippen LogP contribution in [0.2, 0.25) is 0 Å². The average molecular weight is 268 g/mol. The average Bonchev–Trinajstić information content (AvgIpc) is 2.72. The van der Waals surface area contributed by atoms with E-state index in [1.165, 1.54) is 4.31 Å². The Morgan fingerprint density at radius 1 is 1.25 bits per heavy atom. The van der Waals surface area contributed by atoms with Crippen molar-refractivity contribution in [2.75, 3.05) is 24.6 Å². The van der Waals surface area contributed by atoms with Crippen LogP contribution in [0.25, 0.3) is 0 Å². The van der Waals surface area contributed by atoms with Crippen LogP contribution >= 0.6 is 0 Å². The van der Waals surface area contributed by atoms with Gasteiger partial charge in [0.25, 0.3) is 0 Å². The largest absolute Gasteiger partial charge is 0.326 e. The number of sulfone groups is 1. The van der Waals surface area contributed by atoms with E-state index in [0.29, 0.717) is 19.5 Å². The summed E-state index contributed by atoms with van der Waals surface area (Å²) in [7, 11) is -6.63. The second-order valence-corrected chi connectivity index (χ2v) is 8.92. The quantitative estimate of drug-likeness (QED) is 0.660. The summed E-state index contributed by atoms with van der Waals surface area (Å²) in [6.45, 7) is 0.735. The van der Waals surface area contributed by atoms with Gasteiger partial charge in [0.2, 0.25) is 10.0 Å². The first-order valence-corrected chi connectivity index (χ1v) is 8.59. The van der Waals surface area contributed by atoms with Crippen molar-refractivity contribution in [3.63, 3.8) is 0 Å². The summed E-state index contributed by atoms with van der Waals surface area (Å²) in [6, 6.07) is -0.118. The maximum Gasteiger partial charge on any atom is 0.218 e. The zero-order chi connectivity index (χ0) is 12.0. The molecule has 0 bridgehead atoms. The third-order valence-electron chi connectivity index (χ3n) is 3.16. The Bertz CT molecular complexity index is 470. The van der Waals surface area contributed by atoms with Gasteiger partial charge in [-0.15, -0.1) is 0 Å². The van der Waals surface area contributed by atoms with E-state index in [2.05, 4.69) is 0 Å². The summed E-state index contributed by atoms with van der Waals surface area (Å²) in [4.78, 5) is 0. The van der Waals surface area contributed by atoms with Gasteiger partial charge in [-0.3, -0.25) is 0 Å². The molecule has 0 aromatic heterocycles. The summed E-state index contributed by atoms with van der Waals surface area (Å²) in [5, 5.41) is -0.761. The number of hydrogen-bond acceptors (Lipinski definition) is 5. The zero-order valence-electron chi connectivity index (χ0n) is 8.87. The third-order valence-corrected chi connectivity index (χ3v) is 7.43. The Labute approximate surface area is 95.8 Å². The molecule has 6 nitrogen and oxygen atoms in total. The highest BCUT2D eigenvalue weighted by Gasteiger charge is 2.42. The van der Waals surface area contributed by atoms with Crippen molar-refractivity contribution in [3.05, 3.63) is 0 Å². The highest BCUT2D eigenvalue weighted by molar-refractivity contribution is 7.95. The van der Waals surface area contributed by atoms with Crippen molar-refractivity contribution in [2.24, 2.45) is 5.73 Å². The lowest BCUT2D eigenvalue weighted by atomic mass is 10.3. The van der Waals surface area contributed by atoms with Crippen molar-refractivity contribution in [3.8, 4) is 0 Å². The molecule has 2 saturated heterocycles. The van der Waals surface area contributed by atoms with Gasteiger partial charge in [0.05, 0.1) is 16.8 Å². The van der Waals surface area contributed by atoms with Crippen LogP contribution in [0.5, 0.6) is 0 Å². The van der Waals surface area contributed by atoms with Crippen LogP contribution in [-0.2, 0) is 19.9 Å². The molecule has 16 heavy (non-hydrogen) atoms. The van der Waals surface area contributed by atoms with Gasteiger partial charge >= 0.3 is 0 Å². The predicted octanol–water partition coefficient (Wildman–Crippen LogP) is -1.46. The van der Waals surface area contributed by atoms with E-state index < -0.39 is 25.1 Å². The van der Waals surface area contributed by atoms with Gasteiger partial charge < -0.3 is 5.73 Å². The number of nitrogens with zero attached hydrogens (tertiary/aromatic N) is 1. The molecular weight excluding hydrogens is 252 g/mol. The second-order valence-electron chi connectivity index (χ2n) is 4.48. The summed E-state index contributed by atoms with van der Waals surface area (Å²) in [5.41, 5.74) is 5.65. The number of hydrogen-bond donors (Lipinski definition) is 1. The summed E-state index contributed by atoms with van der Waals surface area (Å²) in [6.07, 6.45) is 0.870. The summed E-state index contributed by atoms with van der Waals surface area (Å²) in [5.74, 6) is -0.252. The minimum atomic E-state index is -3.47. The van der Waals surface area contributed by atoms with Crippen LogP contribution in [0.15, 0.2) is 0 Å². The Morgan fingerprint density at radius 2 is 1.94 bits per heavy atom. The minimum Gasteiger partial charge on any atom is -0.326 e. The van der Waals surface area contributed by atoms with E-state index in [1.807, 2.05) is 0 Å². The molecule has 2 heterocycles. The zero-order valence-corrected chi connectivity index (χ0v) is 10.5. The smallest absolute Gasteiger partial charge is 0.218 e. The predicted molar refractivity (Wildman–Crippen MR) is 60.1 cm³/mol. The topological polar surface area (TPSA) is 97.5 Å². The van der Waals surface area contributed by atoms with Crippen LogP contribution in [-0.4, -0.2) is 57.0 Å². The van der Waals surface area contributed by atoms with Gasteiger partial charge in [0.1, 0.15) is 0 Å². The second kappa shape index (κ2) is 3.94. The first kappa shape index (κ1) is 12.3. The van der Waals surface area contributed by atoms with Crippen LogP contribution < -0.4 is 5.73 Å². The van der Waals surface area contributed by atoms with Crippen molar-refractivity contribution in [1.29, 1.82) is 0 Å². The van der Waals surface area contributed by atoms with Gasteiger partial charge in [-0.25, -0.2) is 21.1 Å². The lowest BCUT2D eigenvalue weighted by Crippen LogP contribution is -2.39. The van der Waals surface area contributed by atoms with Crippen LogP contribution in [0, 0.1) is 0 Å². The fourth-order valence-electron chi connectivity index (χ4n) is 2.19. The number of rotatable bonds is 2. The molecule has 0 spiro atoms. The molecule has 2 atom stereocenters. The van der Waals surface area contributed by atoms with Crippen LogP contribution in [0.1, 0.15) is 12.8 Å². The maximum absolute atomic E-state index is 12.1. The lowest BCUT2D eigenvalue weighted by Gasteiger charge is -2.19. The fraction of sp³-hybridized carbons (Fsp3) is 1.00. The Morgan fingerprint density at radius 3 is 2.38 bits per heavy atom. The van der Waals surface area contributed by atoms with Gasteiger partial charge in [-0.2, -0.15) is 0 Å². The molecule has 2 fully saturated rings. The molecular formula is C8H16N2O4S2. The molecule has 0 aromatic rings. The molecule has 2 N–H and O–H groups in total. The maximum atomic E-state index is 12.1. The van der Waals surface area contributed by atoms with Crippen LogP contribution in [0.3, 0.4) is 0 Å². The Balaban J connectivity index is 2.15. The number of sulfonamides is 1. The first-order chi connectivity index (χ1) is 7.31. The van der Waals surface area contributed by atoms with E-state index in [1.54, 1.807) is 0 Å². The van der Waals surface area contributed by atoms with E-state index >= 15 is 0 Å². The molecule has 2 aliphatic rings. The molecule has 2 aliphatic heterocycles. The third kappa shape index (κ3) is 2.24. The monoisotopic (exact) mass is 268 g/mol. The Hall–Kier alpha value is -0.180. The minimum absolute atomic E-state index is 0.0171. The van der Waals surface area contributed by atoms with Gasteiger partial charge in [-0.1, -0.05) is 0 Å². The molecule has 0 aromatic carbocycles. The Kier molecular flexibility index (Phi) is 3.02. The highest BCUT2D eigenvalue weighted by Crippen LogP contribution is 2.24. The molecule has 0 radical (unpaired) electrons. The first-order valence-electron chi connectivity index (χ1n) is 5.26. The molecule has 0 aliphatic carbocycles. The number of nitrogens with two attached hydrogens (primary N) is 1.